The van der Waals surface area contributed by atoms with Crippen molar-refractivity contribution in [2.75, 3.05) is 12.4 Å². The summed E-state index contributed by atoms with van der Waals surface area (Å²) in [6.45, 7) is 0.339. The van der Waals surface area contributed by atoms with Gasteiger partial charge in [-0.05, 0) is 24.3 Å². The van der Waals surface area contributed by atoms with Crippen molar-refractivity contribution in [3.63, 3.8) is 0 Å². The minimum absolute atomic E-state index is 0. The zero-order valence-corrected chi connectivity index (χ0v) is 16.0. The summed E-state index contributed by atoms with van der Waals surface area (Å²) in [5.41, 5.74) is 8.42. The molecule has 130 valence electrons. The zero-order valence-electron chi connectivity index (χ0n) is 13.7. The van der Waals surface area contributed by atoms with E-state index in [0.29, 0.717) is 24.0 Å². The van der Waals surface area contributed by atoms with Gasteiger partial charge in [0.2, 0.25) is 0 Å². The highest BCUT2D eigenvalue weighted by Crippen LogP contribution is 2.20. The lowest BCUT2D eigenvalue weighted by Crippen LogP contribution is -2.22. The normalized spacial score (nSPS) is 10.8. The van der Waals surface area contributed by atoms with E-state index in [1.807, 2.05) is 60.7 Å². The molecule has 0 aliphatic carbocycles. The van der Waals surface area contributed by atoms with Gasteiger partial charge in [-0.1, -0.05) is 35.5 Å². The molecule has 0 aliphatic heterocycles. The number of benzene rings is 2. The lowest BCUT2D eigenvalue weighted by molar-refractivity contribution is 0.415. The predicted molar refractivity (Wildman–Crippen MR) is 109 cm³/mol. The van der Waals surface area contributed by atoms with Gasteiger partial charge >= 0.3 is 0 Å². The highest BCUT2D eigenvalue weighted by Gasteiger charge is 2.06. The highest BCUT2D eigenvalue weighted by atomic mass is 127. The maximum atomic E-state index is 5.89. The third kappa shape index (κ3) is 5.21. The van der Waals surface area contributed by atoms with Gasteiger partial charge in [0.05, 0.1) is 13.7 Å². The van der Waals surface area contributed by atoms with Crippen molar-refractivity contribution in [3.8, 4) is 17.1 Å². The van der Waals surface area contributed by atoms with Crippen molar-refractivity contribution in [3.05, 3.63) is 66.4 Å². The number of guanidine groups is 1. The van der Waals surface area contributed by atoms with E-state index in [1.165, 1.54) is 0 Å². The van der Waals surface area contributed by atoms with Crippen molar-refractivity contribution >= 4 is 35.6 Å². The van der Waals surface area contributed by atoms with E-state index in [2.05, 4.69) is 15.5 Å². The number of ether oxygens (including phenoxy) is 1. The first-order valence-corrected chi connectivity index (χ1v) is 7.46. The molecule has 0 saturated heterocycles. The summed E-state index contributed by atoms with van der Waals surface area (Å²) >= 11 is 0. The quantitative estimate of drug-likeness (QED) is 0.350. The number of hydrogen-bond acceptors (Lipinski definition) is 4. The number of methoxy groups -OCH3 is 1. The molecule has 6 nitrogen and oxygen atoms in total. The van der Waals surface area contributed by atoms with Crippen LogP contribution in [-0.2, 0) is 6.54 Å². The Balaban J connectivity index is 0.00000225. The third-order valence-electron chi connectivity index (χ3n) is 3.39. The molecule has 0 atom stereocenters. The van der Waals surface area contributed by atoms with E-state index in [1.54, 1.807) is 7.11 Å². The molecule has 0 saturated carbocycles. The molecule has 0 unspecified atom stereocenters. The third-order valence-corrected chi connectivity index (χ3v) is 3.39. The van der Waals surface area contributed by atoms with Crippen LogP contribution in [0.15, 0.2) is 70.2 Å². The lowest BCUT2D eigenvalue weighted by Gasteiger charge is -2.06. The Bertz CT molecular complexity index is 817. The van der Waals surface area contributed by atoms with Crippen LogP contribution in [0.3, 0.4) is 0 Å². The van der Waals surface area contributed by atoms with Gasteiger partial charge in [-0.2, -0.15) is 0 Å². The molecular formula is C18H19IN4O2. The minimum atomic E-state index is 0. The van der Waals surface area contributed by atoms with Crippen LogP contribution in [-0.4, -0.2) is 18.2 Å². The van der Waals surface area contributed by atoms with Crippen molar-refractivity contribution in [2.24, 2.45) is 10.7 Å². The number of hydrogen-bond donors (Lipinski definition) is 2. The molecule has 3 rings (SSSR count). The van der Waals surface area contributed by atoms with E-state index >= 15 is 0 Å². The SMILES string of the molecule is COc1ccc(NC(N)=NCc2cc(-c3ccccc3)on2)cc1.I. The van der Waals surface area contributed by atoms with Crippen LogP contribution in [0.5, 0.6) is 5.75 Å². The maximum Gasteiger partial charge on any atom is 0.193 e. The molecule has 0 bridgehead atoms. The summed E-state index contributed by atoms with van der Waals surface area (Å²) in [5, 5.41) is 7.03. The van der Waals surface area contributed by atoms with Crippen molar-refractivity contribution < 1.29 is 9.26 Å². The molecule has 1 aromatic heterocycles. The van der Waals surface area contributed by atoms with Gasteiger partial charge in [0, 0.05) is 17.3 Å². The predicted octanol–water partition coefficient (Wildman–Crippen LogP) is 3.90. The smallest absolute Gasteiger partial charge is 0.193 e. The van der Waals surface area contributed by atoms with Crippen molar-refractivity contribution in [1.82, 2.24) is 5.16 Å². The summed E-state index contributed by atoms with van der Waals surface area (Å²) in [7, 11) is 1.62. The Kier molecular flexibility index (Phi) is 6.81. The Morgan fingerprint density at radius 2 is 1.88 bits per heavy atom. The van der Waals surface area contributed by atoms with Crippen LogP contribution in [0.25, 0.3) is 11.3 Å². The van der Waals surface area contributed by atoms with Crippen molar-refractivity contribution in [2.45, 2.75) is 6.54 Å². The molecule has 0 radical (unpaired) electrons. The number of halogens is 1. The monoisotopic (exact) mass is 450 g/mol. The van der Waals surface area contributed by atoms with Gasteiger partial charge in [0.1, 0.15) is 11.4 Å². The number of anilines is 1. The number of nitrogens with two attached hydrogens (primary N) is 1. The Labute approximate surface area is 163 Å². The van der Waals surface area contributed by atoms with Crippen molar-refractivity contribution in [1.29, 1.82) is 0 Å². The molecule has 0 amide bonds. The first-order valence-electron chi connectivity index (χ1n) is 7.46. The van der Waals surface area contributed by atoms with Gasteiger partial charge in [-0.15, -0.1) is 24.0 Å². The number of nitrogens with zero attached hydrogens (tertiary/aromatic N) is 2. The lowest BCUT2D eigenvalue weighted by atomic mass is 10.2. The Morgan fingerprint density at radius 1 is 1.16 bits per heavy atom. The van der Waals surface area contributed by atoms with E-state index in [4.69, 9.17) is 15.0 Å². The highest BCUT2D eigenvalue weighted by molar-refractivity contribution is 14.0. The summed E-state index contributed by atoms with van der Waals surface area (Å²) in [5.74, 6) is 1.80. The minimum Gasteiger partial charge on any atom is -0.497 e. The van der Waals surface area contributed by atoms with Gasteiger partial charge in [-0.3, -0.25) is 0 Å². The molecule has 1 heterocycles. The van der Waals surface area contributed by atoms with E-state index < -0.39 is 0 Å². The van der Waals surface area contributed by atoms with Gasteiger partial charge in [0.15, 0.2) is 11.7 Å². The second-order valence-corrected chi connectivity index (χ2v) is 5.10. The summed E-state index contributed by atoms with van der Waals surface area (Å²) < 4.78 is 10.4. The van der Waals surface area contributed by atoms with Crippen LogP contribution in [0.4, 0.5) is 5.69 Å². The second-order valence-electron chi connectivity index (χ2n) is 5.10. The molecule has 0 spiro atoms. The fourth-order valence-corrected chi connectivity index (χ4v) is 2.15. The maximum absolute atomic E-state index is 5.89. The molecule has 0 aliphatic rings. The first-order chi connectivity index (χ1) is 11.7. The molecule has 0 fully saturated rings. The molecule has 25 heavy (non-hydrogen) atoms. The standard InChI is InChI=1S/C18H18N4O2.HI/c1-23-16-9-7-14(8-10-16)21-18(19)20-12-15-11-17(24-22-15)13-5-3-2-4-6-13;/h2-11H,12H2,1H3,(H3,19,20,21);1H. The molecule has 2 aromatic carbocycles. The zero-order chi connectivity index (χ0) is 16.8. The van der Waals surface area contributed by atoms with Crippen LogP contribution in [0.2, 0.25) is 0 Å². The van der Waals surface area contributed by atoms with Crippen LogP contribution in [0, 0.1) is 0 Å². The summed E-state index contributed by atoms with van der Waals surface area (Å²) in [6, 6.07) is 19.1. The Hall–Kier alpha value is -2.55. The number of rotatable bonds is 5. The van der Waals surface area contributed by atoms with Crippen LogP contribution < -0.4 is 15.8 Å². The number of aliphatic imine (C=N–C) groups is 1. The number of aromatic nitrogens is 1. The summed E-state index contributed by atoms with van der Waals surface area (Å²) in [4.78, 5) is 4.27. The van der Waals surface area contributed by atoms with E-state index in [-0.39, 0.29) is 24.0 Å². The van der Waals surface area contributed by atoms with Gasteiger partial charge in [0.25, 0.3) is 0 Å². The van der Waals surface area contributed by atoms with Gasteiger partial charge < -0.3 is 20.3 Å². The average Bonchev–Trinajstić information content (AvgIpc) is 3.10. The topological polar surface area (TPSA) is 85.7 Å². The average molecular weight is 450 g/mol. The molecular weight excluding hydrogens is 431 g/mol. The van der Waals surface area contributed by atoms with E-state index in [9.17, 15) is 0 Å². The second kappa shape index (κ2) is 9.07. The number of nitrogens with one attached hydrogen (secondary N) is 1. The largest absolute Gasteiger partial charge is 0.497 e. The first kappa shape index (κ1) is 18.8. The van der Waals surface area contributed by atoms with Crippen LogP contribution in [0.1, 0.15) is 5.69 Å². The summed E-state index contributed by atoms with van der Waals surface area (Å²) in [6.07, 6.45) is 0. The molecule has 3 aromatic rings. The van der Waals surface area contributed by atoms with Crippen LogP contribution >= 0.6 is 24.0 Å². The van der Waals surface area contributed by atoms with Gasteiger partial charge in [-0.25, -0.2) is 4.99 Å². The molecule has 7 heteroatoms. The van der Waals surface area contributed by atoms with E-state index in [0.717, 1.165) is 17.0 Å². The molecule has 3 N–H and O–H groups in total. The fourth-order valence-electron chi connectivity index (χ4n) is 2.15. The Morgan fingerprint density at radius 3 is 2.56 bits per heavy atom. The fraction of sp³-hybridized carbons (Fsp3) is 0.111.